The molecule has 0 radical (unpaired) electrons. The molecule has 0 spiro atoms. The lowest BCUT2D eigenvalue weighted by molar-refractivity contribution is 0.237. The summed E-state index contributed by atoms with van der Waals surface area (Å²) in [5.41, 5.74) is 4.54. The summed E-state index contributed by atoms with van der Waals surface area (Å²) in [7, 11) is 4.02. The molecule has 0 aromatic heterocycles. The fourth-order valence-corrected chi connectivity index (χ4v) is 2.49. The van der Waals surface area contributed by atoms with Crippen LogP contribution in [-0.4, -0.2) is 20.1 Å². The van der Waals surface area contributed by atoms with Crippen molar-refractivity contribution in [2.45, 2.75) is 26.4 Å². The highest BCUT2D eigenvalue weighted by molar-refractivity contribution is 5.74. The van der Waals surface area contributed by atoms with Crippen LogP contribution in [0.25, 0.3) is 0 Å². The van der Waals surface area contributed by atoms with Crippen molar-refractivity contribution >= 4 is 11.7 Å². The highest BCUT2D eigenvalue weighted by atomic mass is 16.2. The van der Waals surface area contributed by atoms with Crippen LogP contribution in [0.5, 0.6) is 0 Å². The van der Waals surface area contributed by atoms with Gasteiger partial charge in [-0.25, -0.2) is 4.79 Å². The minimum Gasteiger partial charge on any atom is -0.378 e. The number of nitrogens with zero attached hydrogens (tertiary/aromatic N) is 1. The van der Waals surface area contributed by atoms with Crippen LogP contribution < -0.4 is 15.5 Å². The molecule has 2 aromatic carbocycles. The lowest BCUT2D eigenvalue weighted by Crippen LogP contribution is -2.36. The second kappa shape index (κ2) is 7.68. The highest BCUT2D eigenvalue weighted by Gasteiger charge is 2.10. The number of carbonyl (C=O) groups is 1. The second-order valence-corrected chi connectivity index (χ2v) is 5.97. The van der Waals surface area contributed by atoms with Crippen molar-refractivity contribution in [2.24, 2.45) is 0 Å². The van der Waals surface area contributed by atoms with Gasteiger partial charge in [0.1, 0.15) is 0 Å². The molecule has 4 heteroatoms. The molecule has 122 valence electrons. The number of urea groups is 1. The molecule has 23 heavy (non-hydrogen) atoms. The first kappa shape index (κ1) is 16.9. The Kier molecular flexibility index (Phi) is 5.63. The molecule has 0 saturated heterocycles. The van der Waals surface area contributed by atoms with Crippen LogP contribution in [0, 0.1) is 6.92 Å². The van der Waals surface area contributed by atoms with Gasteiger partial charge in [-0.1, -0.05) is 36.4 Å². The van der Waals surface area contributed by atoms with Crippen LogP contribution in [0.3, 0.4) is 0 Å². The second-order valence-electron chi connectivity index (χ2n) is 5.97. The molecule has 2 rings (SSSR count). The summed E-state index contributed by atoms with van der Waals surface area (Å²) in [6.07, 6.45) is 0. The number of carbonyl (C=O) groups excluding carboxylic acids is 1. The van der Waals surface area contributed by atoms with E-state index in [1.165, 1.54) is 5.56 Å². The van der Waals surface area contributed by atoms with Crippen LogP contribution >= 0.6 is 0 Å². The summed E-state index contributed by atoms with van der Waals surface area (Å²) in [6.45, 7) is 4.56. The zero-order chi connectivity index (χ0) is 16.8. The first-order valence-corrected chi connectivity index (χ1v) is 7.83. The van der Waals surface area contributed by atoms with E-state index in [2.05, 4.69) is 23.6 Å². The Morgan fingerprint density at radius 1 is 1.09 bits per heavy atom. The summed E-state index contributed by atoms with van der Waals surface area (Å²) < 4.78 is 0. The number of amides is 2. The van der Waals surface area contributed by atoms with Crippen molar-refractivity contribution in [1.82, 2.24) is 10.6 Å². The van der Waals surface area contributed by atoms with Crippen molar-refractivity contribution in [1.29, 1.82) is 0 Å². The smallest absolute Gasteiger partial charge is 0.315 e. The van der Waals surface area contributed by atoms with Crippen molar-refractivity contribution < 1.29 is 4.79 Å². The van der Waals surface area contributed by atoms with Crippen molar-refractivity contribution in [3.63, 3.8) is 0 Å². The fraction of sp³-hybridized carbons (Fsp3) is 0.316. The predicted octanol–water partition coefficient (Wildman–Crippen LogP) is 3.62. The Bertz CT molecular complexity index is 650. The zero-order valence-electron chi connectivity index (χ0n) is 14.3. The van der Waals surface area contributed by atoms with Crippen molar-refractivity contribution in [3.05, 3.63) is 65.2 Å². The molecule has 0 fully saturated rings. The number of benzene rings is 2. The third-order valence-corrected chi connectivity index (χ3v) is 3.91. The number of nitrogens with one attached hydrogen (secondary N) is 2. The SMILES string of the molecule is Cc1ccccc1C(C)NC(=O)NCc1ccc(N(C)C)cc1. The number of rotatable bonds is 5. The van der Waals surface area contributed by atoms with Gasteiger partial charge in [-0.3, -0.25) is 0 Å². The quantitative estimate of drug-likeness (QED) is 0.886. The standard InChI is InChI=1S/C19H25N3O/c1-14-7-5-6-8-18(14)15(2)21-19(23)20-13-16-9-11-17(12-10-16)22(3)4/h5-12,15H,13H2,1-4H3,(H2,20,21,23). The number of hydrogen-bond donors (Lipinski definition) is 2. The molecule has 2 N–H and O–H groups in total. The molecule has 0 saturated carbocycles. The third kappa shape index (κ3) is 4.74. The average molecular weight is 311 g/mol. The third-order valence-electron chi connectivity index (χ3n) is 3.91. The Morgan fingerprint density at radius 3 is 2.35 bits per heavy atom. The number of aryl methyl sites for hydroxylation is 1. The van der Waals surface area contributed by atoms with E-state index in [4.69, 9.17) is 0 Å². The predicted molar refractivity (Wildman–Crippen MR) is 95.7 cm³/mol. The topological polar surface area (TPSA) is 44.4 Å². The molecule has 2 aromatic rings. The van der Waals surface area contributed by atoms with Crippen LogP contribution in [0.15, 0.2) is 48.5 Å². The summed E-state index contributed by atoms with van der Waals surface area (Å²) in [4.78, 5) is 14.1. The van der Waals surface area contributed by atoms with Crippen molar-refractivity contribution in [2.75, 3.05) is 19.0 Å². The van der Waals surface area contributed by atoms with E-state index in [9.17, 15) is 4.79 Å². The lowest BCUT2D eigenvalue weighted by Gasteiger charge is -2.17. The summed E-state index contributed by atoms with van der Waals surface area (Å²) in [6, 6.07) is 16.1. The van der Waals surface area contributed by atoms with Gasteiger partial charge in [0, 0.05) is 26.3 Å². The highest BCUT2D eigenvalue weighted by Crippen LogP contribution is 2.16. The number of hydrogen-bond acceptors (Lipinski definition) is 2. The molecule has 1 atom stereocenters. The van der Waals surface area contributed by atoms with Gasteiger partial charge in [-0.2, -0.15) is 0 Å². The fourth-order valence-electron chi connectivity index (χ4n) is 2.49. The monoisotopic (exact) mass is 311 g/mol. The molecular weight excluding hydrogens is 286 g/mol. The maximum absolute atomic E-state index is 12.1. The molecule has 0 aliphatic rings. The summed E-state index contributed by atoms with van der Waals surface area (Å²) in [5.74, 6) is 0. The van der Waals surface area contributed by atoms with Gasteiger partial charge in [0.2, 0.25) is 0 Å². The summed E-state index contributed by atoms with van der Waals surface area (Å²) in [5, 5.41) is 5.88. The molecular formula is C19H25N3O. The van der Waals surface area contributed by atoms with E-state index in [1.54, 1.807) is 0 Å². The minimum absolute atomic E-state index is 0.0210. The zero-order valence-corrected chi connectivity index (χ0v) is 14.3. The van der Waals surface area contributed by atoms with Gasteiger partial charge in [0.15, 0.2) is 0 Å². The number of anilines is 1. The molecule has 2 amide bonds. The summed E-state index contributed by atoms with van der Waals surface area (Å²) >= 11 is 0. The molecule has 0 aliphatic carbocycles. The van der Waals surface area contributed by atoms with Gasteiger partial charge in [-0.05, 0) is 42.7 Å². The van der Waals surface area contributed by atoms with Crippen molar-refractivity contribution in [3.8, 4) is 0 Å². The molecule has 1 unspecified atom stereocenters. The van der Waals surface area contributed by atoms with Gasteiger partial charge < -0.3 is 15.5 Å². The van der Waals surface area contributed by atoms with E-state index in [0.717, 1.165) is 16.8 Å². The Hall–Kier alpha value is -2.49. The van der Waals surface area contributed by atoms with E-state index in [1.807, 2.05) is 68.4 Å². The largest absolute Gasteiger partial charge is 0.378 e. The van der Waals surface area contributed by atoms with Gasteiger partial charge in [0.05, 0.1) is 6.04 Å². The van der Waals surface area contributed by atoms with Crippen LogP contribution in [0.4, 0.5) is 10.5 Å². The van der Waals surface area contributed by atoms with Crippen LogP contribution in [-0.2, 0) is 6.54 Å². The Balaban J connectivity index is 1.86. The van der Waals surface area contributed by atoms with Crippen LogP contribution in [0.2, 0.25) is 0 Å². The normalized spacial score (nSPS) is 11.7. The van der Waals surface area contributed by atoms with E-state index in [0.29, 0.717) is 6.54 Å². The van der Waals surface area contributed by atoms with E-state index < -0.39 is 0 Å². The molecule has 4 nitrogen and oxygen atoms in total. The maximum atomic E-state index is 12.1. The lowest BCUT2D eigenvalue weighted by atomic mass is 10.0. The molecule has 0 bridgehead atoms. The Morgan fingerprint density at radius 2 is 1.74 bits per heavy atom. The molecule has 0 heterocycles. The van der Waals surface area contributed by atoms with E-state index in [-0.39, 0.29) is 12.1 Å². The Labute approximate surface area is 138 Å². The van der Waals surface area contributed by atoms with Gasteiger partial charge in [0.25, 0.3) is 0 Å². The minimum atomic E-state index is -0.155. The van der Waals surface area contributed by atoms with Crippen LogP contribution in [0.1, 0.15) is 29.7 Å². The first-order chi connectivity index (χ1) is 11.0. The van der Waals surface area contributed by atoms with E-state index >= 15 is 0 Å². The maximum Gasteiger partial charge on any atom is 0.315 e. The van der Waals surface area contributed by atoms with Gasteiger partial charge in [-0.15, -0.1) is 0 Å². The average Bonchev–Trinajstić information content (AvgIpc) is 2.53. The first-order valence-electron chi connectivity index (χ1n) is 7.83. The molecule has 0 aliphatic heterocycles. The van der Waals surface area contributed by atoms with Gasteiger partial charge >= 0.3 is 6.03 Å².